The molecule has 0 N–H and O–H groups in total. The summed E-state index contributed by atoms with van der Waals surface area (Å²) < 4.78 is 6.95. The minimum Gasteiger partial charge on any atom is -0.431 e. The second-order valence-corrected chi connectivity index (χ2v) is 3.83. The predicted octanol–water partition coefficient (Wildman–Crippen LogP) is 3.19. The molecule has 0 aliphatic heterocycles. The minimum atomic E-state index is 0.671. The van der Waals surface area contributed by atoms with E-state index >= 15 is 0 Å². The van der Waals surface area contributed by atoms with E-state index in [4.69, 9.17) is 4.42 Å². The van der Waals surface area contributed by atoms with Gasteiger partial charge in [0.05, 0.1) is 4.47 Å². The molecule has 0 amide bonds. The molecule has 1 aromatic carbocycles. The van der Waals surface area contributed by atoms with Crippen LogP contribution in [0.15, 0.2) is 27.1 Å². The third-order valence-electron chi connectivity index (χ3n) is 1.34. The molecular weight excluding hydrogens is 321 g/mol. The highest BCUT2D eigenvalue weighted by Gasteiger charge is 2.04. The van der Waals surface area contributed by atoms with Crippen LogP contribution in [0.25, 0.3) is 11.1 Å². The van der Waals surface area contributed by atoms with Crippen molar-refractivity contribution in [2.75, 3.05) is 0 Å². The predicted molar refractivity (Wildman–Crippen MR) is 54.4 cm³/mol. The maximum atomic E-state index is 5.33. The van der Waals surface area contributed by atoms with E-state index in [1.54, 1.807) is 0 Å². The van der Waals surface area contributed by atoms with E-state index in [9.17, 15) is 0 Å². The molecule has 0 saturated heterocycles. The zero-order valence-corrected chi connectivity index (χ0v) is 9.09. The molecule has 1 aromatic heterocycles. The van der Waals surface area contributed by atoms with E-state index in [0.717, 1.165) is 15.6 Å². The van der Waals surface area contributed by atoms with Crippen LogP contribution in [-0.2, 0) is 0 Å². The first-order chi connectivity index (χ1) is 5.27. The topological polar surface area (TPSA) is 26.0 Å². The number of rotatable bonds is 0. The summed E-state index contributed by atoms with van der Waals surface area (Å²) in [6.45, 7) is 0. The van der Waals surface area contributed by atoms with Crippen molar-refractivity contribution in [2.24, 2.45) is 0 Å². The first-order valence-corrected chi connectivity index (χ1v) is 4.85. The summed E-state index contributed by atoms with van der Waals surface area (Å²) in [6.07, 6.45) is 0. The van der Waals surface area contributed by atoms with Gasteiger partial charge in [-0.15, -0.1) is 0 Å². The molecule has 0 unspecified atom stereocenters. The number of nitrogens with zero attached hydrogens (tertiary/aromatic N) is 1. The van der Waals surface area contributed by atoms with Gasteiger partial charge in [-0.05, 0) is 28.1 Å². The number of hydrogen-bond acceptors (Lipinski definition) is 2. The molecule has 4 heteroatoms. The Morgan fingerprint density at radius 3 is 3.00 bits per heavy atom. The van der Waals surface area contributed by atoms with Crippen LogP contribution in [-0.4, -0.2) is 4.98 Å². The van der Waals surface area contributed by atoms with Crippen LogP contribution in [0.2, 0.25) is 0 Å². The van der Waals surface area contributed by atoms with Gasteiger partial charge >= 0.3 is 0 Å². The van der Waals surface area contributed by atoms with Crippen molar-refractivity contribution in [1.82, 2.24) is 4.98 Å². The Labute approximate surface area is 85.3 Å². The number of benzene rings is 1. The van der Waals surface area contributed by atoms with Crippen molar-refractivity contribution in [3.05, 3.63) is 26.6 Å². The Hall–Kier alpha value is -0.100. The lowest BCUT2D eigenvalue weighted by Crippen LogP contribution is -1.67. The van der Waals surface area contributed by atoms with E-state index in [2.05, 4.69) is 43.5 Å². The molecule has 0 fully saturated rings. The zero-order valence-electron chi connectivity index (χ0n) is 5.34. The molecule has 0 spiro atoms. The lowest BCUT2D eigenvalue weighted by molar-refractivity contribution is 0.565. The number of fused-ring (bicyclic) bond motifs is 1. The average molecular weight is 324 g/mol. The average Bonchev–Trinajstić information content (AvgIpc) is 2.31. The molecule has 2 aromatic rings. The summed E-state index contributed by atoms with van der Waals surface area (Å²) in [6, 6.07) is 5.79. The van der Waals surface area contributed by atoms with E-state index in [1.165, 1.54) is 0 Å². The second-order valence-electron chi connectivity index (χ2n) is 2.05. The molecule has 0 saturated carbocycles. The highest BCUT2D eigenvalue weighted by Crippen LogP contribution is 2.24. The Morgan fingerprint density at radius 1 is 1.45 bits per heavy atom. The summed E-state index contributed by atoms with van der Waals surface area (Å²) >= 11 is 5.42. The molecule has 1 heterocycles. The van der Waals surface area contributed by atoms with Gasteiger partial charge in [0.25, 0.3) is 3.90 Å². The largest absolute Gasteiger partial charge is 0.431 e. The first-order valence-electron chi connectivity index (χ1n) is 2.98. The van der Waals surface area contributed by atoms with Crippen LogP contribution in [0.4, 0.5) is 0 Å². The van der Waals surface area contributed by atoms with Crippen molar-refractivity contribution in [2.45, 2.75) is 0 Å². The highest BCUT2D eigenvalue weighted by molar-refractivity contribution is 14.1. The van der Waals surface area contributed by atoms with Gasteiger partial charge in [-0.25, -0.2) is 4.98 Å². The smallest absolute Gasteiger partial charge is 0.258 e. The third kappa shape index (κ3) is 1.29. The Kier molecular flexibility index (Phi) is 1.88. The highest BCUT2D eigenvalue weighted by atomic mass is 127. The van der Waals surface area contributed by atoms with Crippen LogP contribution in [0.3, 0.4) is 0 Å². The molecule has 0 aliphatic rings. The summed E-state index contributed by atoms with van der Waals surface area (Å²) in [7, 11) is 0. The monoisotopic (exact) mass is 323 g/mol. The summed E-state index contributed by atoms with van der Waals surface area (Å²) in [5, 5.41) is 0. The van der Waals surface area contributed by atoms with E-state index in [1.807, 2.05) is 18.2 Å². The second kappa shape index (κ2) is 2.75. The van der Waals surface area contributed by atoms with Gasteiger partial charge in [-0.2, -0.15) is 0 Å². The summed E-state index contributed by atoms with van der Waals surface area (Å²) in [4.78, 5) is 4.16. The molecule has 2 nitrogen and oxygen atoms in total. The fraction of sp³-hybridized carbons (Fsp3) is 0. The van der Waals surface area contributed by atoms with E-state index < -0.39 is 0 Å². The number of aromatic nitrogens is 1. The first kappa shape index (κ1) is 7.54. The molecular formula is C7H3BrINO. The molecule has 0 radical (unpaired) electrons. The molecule has 0 bridgehead atoms. The number of halogens is 2. The molecule has 0 aliphatic carbocycles. The maximum Gasteiger partial charge on any atom is 0.258 e. The quantitative estimate of drug-likeness (QED) is 0.696. The van der Waals surface area contributed by atoms with E-state index in [0.29, 0.717) is 3.90 Å². The maximum absolute atomic E-state index is 5.33. The van der Waals surface area contributed by atoms with Crippen LogP contribution in [0, 0.1) is 3.90 Å². The lowest BCUT2D eigenvalue weighted by Gasteiger charge is -1.87. The molecule has 0 atom stereocenters. The minimum absolute atomic E-state index is 0.671. The van der Waals surface area contributed by atoms with Crippen LogP contribution in [0.1, 0.15) is 0 Å². The zero-order chi connectivity index (χ0) is 7.84. The summed E-state index contributed by atoms with van der Waals surface area (Å²) in [5.41, 5.74) is 1.71. The molecule has 2 rings (SSSR count). The van der Waals surface area contributed by atoms with Gasteiger partial charge in [0.15, 0.2) is 5.58 Å². The van der Waals surface area contributed by atoms with Crippen LogP contribution >= 0.6 is 38.5 Å². The normalized spacial score (nSPS) is 10.7. The fourth-order valence-corrected chi connectivity index (χ4v) is 1.81. The van der Waals surface area contributed by atoms with Gasteiger partial charge in [0, 0.05) is 22.6 Å². The van der Waals surface area contributed by atoms with Gasteiger partial charge in [0.1, 0.15) is 5.52 Å². The Morgan fingerprint density at radius 2 is 2.27 bits per heavy atom. The lowest BCUT2D eigenvalue weighted by atomic mass is 10.3. The third-order valence-corrected chi connectivity index (χ3v) is 2.43. The standard InChI is InChI=1S/C7H3BrINO/c8-4-2-1-3-5-6(4)11-7(9)10-5/h1-3H. The SMILES string of the molecule is Brc1cccc2nc(I)oc12. The van der Waals surface area contributed by atoms with Gasteiger partial charge in [0.2, 0.25) is 0 Å². The number of oxazole rings is 1. The van der Waals surface area contributed by atoms with Crippen molar-refractivity contribution >= 4 is 49.6 Å². The number of hydrogen-bond donors (Lipinski definition) is 0. The number of para-hydroxylation sites is 1. The molecule has 56 valence electrons. The van der Waals surface area contributed by atoms with Crippen molar-refractivity contribution < 1.29 is 4.42 Å². The van der Waals surface area contributed by atoms with Gasteiger partial charge in [-0.3, -0.25) is 0 Å². The summed E-state index contributed by atoms with van der Waals surface area (Å²) in [5.74, 6) is 0. The van der Waals surface area contributed by atoms with Crippen molar-refractivity contribution in [3.8, 4) is 0 Å². The fourth-order valence-electron chi connectivity index (χ4n) is 0.888. The Balaban J connectivity index is 2.90. The van der Waals surface area contributed by atoms with Crippen LogP contribution < -0.4 is 0 Å². The Bertz CT molecular complexity index is 398. The van der Waals surface area contributed by atoms with E-state index in [-0.39, 0.29) is 0 Å². The van der Waals surface area contributed by atoms with Gasteiger partial charge in [-0.1, -0.05) is 6.07 Å². The van der Waals surface area contributed by atoms with Crippen molar-refractivity contribution in [1.29, 1.82) is 0 Å². The van der Waals surface area contributed by atoms with Crippen LogP contribution in [0.5, 0.6) is 0 Å². The molecule has 11 heavy (non-hydrogen) atoms. The van der Waals surface area contributed by atoms with Crippen molar-refractivity contribution in [3.63, 3.8) is 0 Å². The van der Waals surface area contributed by atoms with Gasteiger partial charge < -0.3 is 4.42 Å².